The minimum Gasteiger partial charge on any atom is -0.371 e. The highest BCUT2D eigenvalue weighted by molar-refractivity contribution is 5.94. The van der Waals surface area contributed by atoms with E-state index in [4.69, 9.17) is 4.74 Å². The largest absolute Gasteiger partial charge is 0.371 e. The number of amides is 1. The first-order valence-corrected chi connectivity index (χ1v) is 9.41. The second-order valence-electron chi connectivity index (χ2n) is 7.28. The number of ether oxygens (including phenoxy) is 1. The van der Waals surface area contributed by atoms with Crippen molar-refractivity contribution in [1.29, 1.82) is 0 Å². The third-order valence-electron chi connectivity index (χ3n) is 5.60. The molecule has 2 aliphatic rings. The molecule has 0 bridgehead atoms. The molecule has 26 heavy (non-hydrogen) atoms. The summed E-state index contributed by atoms with van der Waals surface area (Å²) in [6, 6.07) is 10.9. The number of fused-ring (bicyclic) bond motifs is 1. The molecule has 1 aromatic carbocycles. The second kappa shape index (κ2) is 7.21. The van der Waals surface area contributed by atoms with Crippen LogP contribution < -0.4 is 5.32 Å². The standard InChI is InChI=1S/C20H26N4O2/c1-3-17-13(2)19(23-22-17)20(25)21-15-9-16-12-26-18(11-24(16)10-15)14-7-5-4-6-8-14/h4-8,15-16,18H,3,9-12H2,1-2H3,(H,21,25)(H,22,23)/t15-,16+,18-/m1/s1. The van der Waals surface area contributed by atoms with E-state index in [1.54, 1.807) is 0 Å². The smallest absolute Gasteiger partial charge is 0.272 e. The van der Waals surface area contributed by atoms with Gasteiger partial charge in [0.05, 0.1) is 12.7 Å². The number of aromatic amines is 1. The zero-order valence-electron chi connectivity index (χ0n) is 15.4. The molecule has 2 N–H and O–H groups in total. The van der Waals surface area contributed by atoms with Crippen LogP contribution in [0.3, 0.4) is 0 Å². The molecule has 3 heterocycles. The zero-order chi connectivity index (χ0) is 18.1. The number of hydrogen-bond acceptors (Lipinski definition) is 4. The van der Waals surface area contributed by atoms with Crippen LogP contribution in [0.5, 0.6) is 0 Å². The molecular weight excluding hydrogens is 328 g/mol. The van der Waals surface area contributed by atoms with E-state index in [-0.39, 0.29) is 18.1 Å². The Kier molecular flexibility index (Phi) is 4.78. The van der Waals surface area contributed by atoms with Crippen LogP contribution in [0.1, 0.15) is 46.8 Å². The van der Waals surface area contributed by atoms with E-state index in [2.05, 4.69) is 51.6 Å². The molecule has 2 saturated heterocycles. The van der Waals surface area contributed by atoms with E-state index in [1.165, 1.54) is 5.56 Å². The van der Waals surface area contributed by atoms with Gasteiger partial charge in [-0.1, -0.05) is 37.3 Å². The Morgan fingerprint density at radius 1 is 1.35 bits per heavy atom. The fraction of sp³-hybridized carbons (Fsp3) is 0.500. The van der Waals surface area contributed by atoms with Gasteiger partial charge in [0.1, 0.15) is 0 Å². The lowest BCUT2D eigenvalue weighted by molar-refractivity contribution is -0.0502. The Hall–Kier alpha value is -2.18. The number of aryl methyl sites for hydroxylation is 1. The Labute approximate surface area is 153 Å². The first-order valence-electron chi connectivity index (χ1n) is 9.41. The van der Waals surface area contributed by atoms with Crippen molar-refractivity contribution in [1.82, 2.24) is 20.4 Å². The molecule has 6 nitrogen and oxygen atoms in total. The molecule has 0 saturated carbocycles. The van der Waals surface area contributed by atoms with Gasteiger partial charge in [-0.25, -0.2) is 0 Å². The molecule has 4 rings (SSSR count). The van der Waals surface area contributed by atoms with Crippen molar-refractivity contribution >= 4 is 5.91 Å². The molecule has 0 radical (unpaired) electrons. The zero-order valence-corrected chi connectivity index (χ0v) is 15.4. The van der Waals surface area contributed by atoms with Crippen LogP contribution >= 0.6 is 0 Å². The number of carbonyl (C=O) groups excluding carboxylic acids is 1. The van der Waals surface area contributed by atoms with Gasteiger partial charge in [-0.2, -0.15) is 5.10 Å². The third-order valence-corrected chi connectivity index (χ3v) is 5.60. The van der Waals surface area contributed by atoms with Gasteiger partial charge in [-0.3, -0.25) is 14.8 Å². The molecule has 2 aliphatic heterocycles. The maximum Gasteiger partial charge on any atom is 0.272 e. The Bertz CT molecular complexity index is 773. The molecule has 2 aromatic rings. The van der Waals surface area contributed by atoms with Crippen molar-refractivity contribution in [2.24, 2.45) is 0 Å². The van der Waals surface area contributed by atoms with Crippen LogP contribution in [0.4, 0.5) is 0 Å². The molecule has 3 atom stereocenters. The monoisotopic (exact) mass is 354 g/mol. The Morgan fingerprint density at radius 3 is 2.88 bits per heavy atom. The number of H-pyrrole nitrogens is 1. The normalized spacial score (nSPS) is 25.8. The summed E-state index contributed by atoms with van der Waals surface area (Å²) in [6.45, 7) is 6.47. The molecule has 6 heteroatoms. The lowest BCUT2D eigenvalue weighted by atomic mass is 10.1. The van der Waals surface area contributed by atoms with Gasteiger partial charge in [0.15, 0.2) is 5.69 Å². The van der Waals surface area contributed by atoms with E-state index in [0.29, 0.717) is 18.3 Å². The molecule has 0 aliphatic carbocycles. The number of rotatable bonds is 4. The van der Waals surface area contributed by atoms with Gasteiger partial charge < -0.3 is 10.1 Å². The number of carbonyl (C=O) groups is 1. The summed E-state index contributed by atoms with van der Waals surface area (Å²) < 4.78 is 6.08. The van der Waals surface area contributed by atoms with Gasteiger partial charge in [0.25, 0.3) is 5.91 Å². The maximum atomic E-state index is 12.6. The maximum absolute atomic E-state index is 12.6. The van der Waals surface area contributed by atoms with E-state index >= 15 is 0 Å². The van der Waals surface area contributed by atoms with Crippen molar-refractivity contribution in [3.63, 3.8) is 0 Å². The van der Waals surface area contributed by atoms with Crippen molar-refractivity contribution in [3.8, 4) is 0 Å². The van der Waals surface area contributed by atoms with Crippen molar-refractivity contribution in [3.05, 3.63) is 52.8 Å². The number of nitrogens with zero attached hydrogens (tertiary/aromatic N) is 2. The van der Waals surface area contributed by atoms with Crippen LogP contribution in [0, 0.1) is 6.92 Å². The van der Waals surface area contributed by atoms with E-state index < -0.39 is 0 Å². The quantitative estimate of drug-likeness (QED) is 0.883. The summed E-state index contributed by atoms with van der Waals surface area (Å²) in [7, 11) is 0. The van der Waals surface area contributed by atoms with Crippen molar-refractivity contribution in [2.45, 2.75) is 44.9 Å². The Balaban J connectivity index is 1.38. The minimum absolute atomic E-state index is 0.0798. The molecule has 1 amide bonds. The number of nitrogens with one attached hydrogen (secondary N) is 2. The van der Waals surface area contributed by atoms with Crippen LogP contribution in [0.25, 0.3) is 0 Å². The highest BCUT2D eigenvalue weighted by Gasteiger charge is 2.38. The molecule has 1 aromatic heterocycles. The topological polar surface area (TPSA) is 70.2 Å². The number of aromatic nitrogens is 2. The van der Waals surface area contributed by atoms with Crippen LogP contribution in [0.15, 0.2) is 30.3 Å². The highest BCUT2D eigenvalue weighted by atomic mass is 16.5. The fourth-order valence-electron chi connectivity index (χ4n) is 4.10. The molecular formula is C20H26N4O2. The average Bonchev–Trinajstić information content (AvgIpc) is 3.24. The summed E-state index contributed by atoms with van der Waals surface area (Å²) >= 11 is 0. The predicted molar refractivity (Wildman–Crippen MR) is 99.1 cm³/mol. The Morgan fingerprint density at radius 2 is 2.15 bits per heavy atom. The predicted octanol–water partition coefficient (Wildman–Crippen LogP) is 2.22. The van der Waals surface area contributed by atoms with E-state index in [1.807, 2.05) is 13.0 Å². The average molecular weight is 354 g/mol. The van der Waals surface area contributed by atoms with E-state index in [0.717, 1.165) is 37.2 Å². The summed E-state index contributed by atoms with van der Waals surface area (Å²) in [5, 5.41) is 10.3. The lowest BCUT2D eigenvalue weighted by Gasteiger charge is -2.35. The second-order valence-corrected chi connectivity index (χ2v) is 7.28. The molecule has 138 valence electrons. The van der Waals surface area contributed by atoms with Gasteiger partial charge in [0.2, 0.25) is 0 Å². The summed E-state index contributed by atoms with van der Waals surface area (Å²) in [5.41, 5.74) is 3.72. The number of hydrogen-bond donors (Lipinski definition) is 2. The van der Waals surface area contributed by atoms with Crippen LogP contribution in [-0.4, -0.2) is 52.8 Å². The number of morpholine rings is 1. The van der Waals surface area contributed by atoms with Crippen LogP contribution in [0.2, 0.25) is 0 Å². The summed E-state index contributed by atoms with van der Waals surface area (Å²) in [5.74, 6) is -0.0798. The van der Waals surface area contributed by atoms with E-state index in [9.17, 15) is 4.79 Å². The molecule has 0 unspecified atom stereocenters. The SMILES string of the molecule is CCc1[nH]nc(C(=O)N[C@@H]2C[C@H]3CO[C@@H](c4ccccc4)CN3C2)c1C. The minimum atomic E-state index is -0.0798. The summed E-state index contributed by atoms with van der Waals surface area (Å²) in [4.78, 5) is 15.0. The van der Waals surface area contributed by atoms with Gasteiger partial charge in [-0.15, -0.1) is 0 Å². The number of benzene rings is 1. The first-order chi connectivity index (χ1) is 12.7. The summed E-state index contributed by atoms with van der Waals surface area (Å²) in [6.07, 6.45) is 1.89. The lowest BCUT2D eigenvalue weighted by Crippen LogP contribution is -2.43. The fourth-order valence-corrected chi connectivity index (χ4v) is 4.10. The van der Waals surface area contributed by atoms with Gasteiger partial charge in [-0.05, 0) is 25.3 Å². The molecule has 0 spiro atoms. The van der Waals surface area contributed by atoms with Crippen LogP contribution in [-0.2, 0) is 11.2 Å². The van der Waals surface area contributed by atoms with Crippen molar-refractivity contribution in [2.75, 3.05) is 19.7 Å². The van der Waals surface area contributed by atoms with Gasteiger partial charge >= 0.3 is 0 Å². The van der Waals surface area contributed by atoms with Gasteiger partial charge in [0, 0.05) is 36.4 Å². The third kappa shape index (κ3) is 3.27. The molecule has 2 fully saturated rings. The highest BCUT2D eigenvalue weighted by Crippen LogP contribution is 2.30. The van der Waals surface area contributed by atoms with Crippen molar-refractivity contribution < 1.29 is 9.53 Å². The first kappa shape index (κ1) is 17.2.